The Labute approximate surface area is 153 Å². The molecule has 1 aliphatic heterocycles. The number of hydrogen-bond acceptors (Lipinski definition) is 2. The summed E-state index contributed by atoms with van der Waals surface area (Å²) in [5.41, 5.74) is 1.47. The van der Waals surface area contributed by atoms with Crippen molar-refractivity contribution in [3.63, 3.8) is 0 Å². The largest absolute Gasteiger partial charge is 0.353 e. The number of carbonyl (C=O) groups excluding carboxylic acids is 2. The molecule has 0 bridgehead atoms. The molecule has 26 heavy (non-hydrogen) atoms. The highest BCUT2D eigenvalue weighted by Crippen LogP contribution is 2.27. The maximum atomic E-state index is 13.9. The summed E-state index contributed by atoms with van der Waals surface area (Å²) in [5.74, 6) is -1.25. The van der Waals surface area contributed by atoms with Crippen molar-refractivity contribution < 1.29 is 14.0 Å². The lowest BCUT2D eigenvalue weighted by Crippen LogP contribution is -2.38. The van der Waals surface area contributed by atoms with Gasteiger partial charge < -0.3 is 10.2 Å². The fraction of sp³-hybridized carbons (Fsp3) is 0.333. The summed E-state index contributed by atoms with van der Waals surface area (Å²) in [4.78, 5) is 26.1. The van der Waals surface area contributed by atoms with Gasteiger partial charge in [-0.3, -0.25) is 9.59 Å². The smallest absolute Gasteiger partial charge is 0.227 e. The van der Waals surface area contributed by atoms with E-state index in [1.165, 1.54) is 16.5 Å². The van der Waals surface area contributed by atoms with Crippen molar-refractivity contribution >= 4 is 17.5 Å². The molecule has 0 saturated carbocycles. The van der Waals surface area contributed by atoms with Crippen molar-refractivity contribution in [1.29, 1.82) is 0 Å². The van der Waals surface area contributed by atoms with E-state index in [9.17, 15) is 14.0 Å². The van der Waals surface area contributed by atoms with Crippen LogP contribution >= 0.6 is 0 Å². The van der Waals surface area contributed by atoms with E-state index in [2.05, 4.69) is 17.4 Å². The molecule has 0 aromatic heterocycles. The zero-order chi connectivity index (χ0) is 18.5. The monoisotopic (exact) mass is 354 g/mol. The summed E-state index contributed by atoms with van der Waals surface area (Å²) in [6, 6.07) is 16.3. The third-order valence-electron chi connectivity index (χ3n) is 4.74. The van der Waals surface area contributed by atoms with Gasteiger partial charge in [0.15, 0.2) is 0 Å². The summed E-state index contributed by atoms with van der Waals surface area (Å²) < 4.78 is 13.9. The summed E-state index contributed by atoms with van der Waals surface area (Å²) >= 11 is 0. The lowest BCUT2D eigenvalue weighted by molar-refractivity contribution is -0.126. The second-order valence-electron chi connectivity index (χ2n) is 6.79. The van der Waals surface area contributed by atoms with Gasteiger partial charge in [-0.25, -0.2) is 4.39 Å². The van der Waals surface area contributed by atoms with Gasteiger partial charge in [-0.05, 0) is 37.5 Å². The topological polar surface area (TPSA) is 49.4 Å². The van der Waals surface area contributed by atoms with Gasteiger partial charge in [-0.1, -0.05) is 42.5 Å². The first-order chi connectivity index (χ1) is 12.5. The number of nitrogens with zero attached hydrogens (tertiary/aromatic N) is 1. The first kappa shape index (κ1) is 18.1. The van der Waals surface area contributed by atoms with Crippen LogP contribution in [0.15, 0.2) is 54.6 Å². The van der Waals surface area contributed by atoms with E-state index in [0.717, 1.165) is 12.8 Å². The number of benzene rings is 2. The molecule has 5 heteroatoms. The Kier molecular flexibility index (Phi) is 5.66. The molecule has 0 unspecified atom stereocenters. The fourth-order valence-electron chi connectivity index (χ4n) is 3.25. The van der Waals surface area contributed by atoms with Crippen LogP contribution < -0.4 is 10.2 Å². The van der Waals surface area contributed by atoms with Crippen LogP contribution in [0.3, 0.4) is 0 Å². The molecule has 2 aromatic rings. The third-order valence-corrected chi connectivity index (χ3v) is 4.74. The summed E-state index contributed by atoms with van der Waals surface area (Å²) in [5, 5.41) is 2.99. The van der Waals surface area contributed by atoms with E-state index in [4.69, 9.17) is 0 Å². The molecule has 3 rings (SSSR count). The Morgan fingerprint density at radius 1 is 1.19 bits per heavy atom. The maximum absolute atomic E-state index is 13.9. The van der Waals surface area contributed by atoms with Crippen molar-refractivity contribution in [2.45, 2.75) is 32.2 Å². The van der Waals surface area contributed by atoms with Crippen LogP contribution in [0.25, 0.3) is 0 Å². The molecule has 0 aliphatic carbocycles. The number of rotatable bonds is 6. The molecule has 0 radical (unpaired) electrons. The minimum atomic E-state index is -0.446. The predicted octanol–water partition coefficient (Wildman–Crippen LogP) is 3.32. The van der Waals surface area contributed by atoms with Crippen LogP contribution in [-0.4, -0.2) is 24.4 Å². The zero-order valence-electron chi connectivity index (χ0n) is 14.8. The van der Waals surface area contributed by atoms with E-state index in [0.29, 0.717) is 0 Å². The van der Waals surface area contributed by atoms with E-state index < -0.39 is 11.7 Å². The number of nitrogens with one attached hydrogen (secondary N) is 1. The van der Waals surface area contributed by atoms with Crippen LogP contribution in [0.4, 0.5) is 10.1 Å². The molecule has 2 atom stereocenters. The Morgan fingerprint density at radius 2 is 1.88 bits per heavy atom. The Morgan fingerprint density at radius 3 is 2.62 bits per heavy atom. The summed E-state index contributed by atoms with van der Waals surface area (Å²) in [6.07, 6.45) is 1.83. The average molecular weight is 354 g/mol. The van der Waals surface area contributed by atoms with Crippen LogP contribution in [-0.2, 0) is 16.0 Å². The van der Waals surface area contributed by atoms with Crippen molar-refractivity contribution in [2.75, 3.05) is 11.4 Å². The average Bonchev–Trinajstić information content (AvgIpc) is 3.03. The van der Waals surface area contributed by atoms with E-state index in [-0.39, 0.29) is 36.5 Å². The molecule has 1 N–H and O–H groups in total. The quantitative estimate of drug-likeness (QED) is 0.865. The van der Waals surface area contributed by atoms with Gasteiger partial charge >= 0.3 is 0 Å². The Bertz CT molecular complexity index is 779. The van der Waals surface area contributed by atoms with E-state index in [1.807, 2.05) is 25.1 Å². The number of amides is 2. The molecule has 2 amide bonds. The molecular formula is C21H23FN2O2. The number of anilines is 1. The minimum absolute atomic E-state index is 0.0142. The molecular weight excluding hydrogens is 331 g/mol. The van der Waals surface area contributed by atoms with E-state index in [1.54, 1.807) is 18.2 Å². The van der Waals surface area contributed by atoms with Crippen LogP contribution in [0.2, 0.25) is 0 Å². The van der Waals surface area contributed by atoms with Crippen LogP contribution in [0.1, 0.15) is 25.3 Å². The van der Waals surface area contributed by atoms with Gasteiger partial charge in [-0.2, -0.15) is 0 Å². The second-order valence-corrected chi connectivity index (χ2v) is 6.79. The standard InChI is InChI=1S/C21H23FN2O2/c1-15(11-12-16-7-3-2-4-8-16)23-21(26)17-13-20(25)24(14-17)19-10-6-5-9-18(19)22/h2-10,15,17H,11-14H2,1H3,(H,23,26)/t15-,17-/m1/s1. The van der Waals surface area contributed by atoms with Crippen molar-refractivity contribution in [2.24, 2.45) is 5.92 Å². The number of para-hydroxylation sites is 1. The minimum Gasteiger partial charge on any atom is -0.353 e. The normalized spacial score (nSPS) is 18.0. The predicted molar refractivity (Wildman–Crippen MR) is 99.2 cm³/mol. The molecule has 0 spiro atoms. The first-order valence-electron chi connectivity index (χ1n) is 8.94. The Balaban J connectivity index is 1.54. The number of hydrogen-bond donors (Lipinski definition) is 1. The van der Waals surface area contributed by atoms with Crippen LogP contribution in [0, 0.1) is 11.7 Å². The second kappa shape index (κ2) is 8.13. The molecule has 4 nitrogen and oxygen atoms in total. The number of aryl methyl sites for hydroxylation is 1. The lowest BCUT2D eigenvalue weighted by Gasteiger charge is -2.19. The Hall–Kier alpha value is -2.69. The summed E-state index contributed by atoms with van der Waals surface area (Å²) in [7, 11) is 0. The fourth-order valence-corrected chi connectivity index (χ4v) is 3.25. The van der Waals surface area contributed by atoms with Crippen molar-refractivity contribution in [3.8, 4) is 0 Å². The summed E-state index contributed by atoms with van der Waals surface area (Å²) in [6.45, 7) is 2.18. The van der Waals surface area contributed by atoms with Gasteiger partial charge in [0.2, 0.25) is 11.8 Å². The number of carbonyl (C=O) groups is 2. The molecule has 136 valence electrons. The van der Waals surface area contributed by atoms with Gasteiger partial charge in [0.1, 0.15) is 5.82 Å². The SMILES string of the molecule is C[C@H](CCc1ccccc1)NC(=O)[C@@H]1CC(=O)N(c2ccccc2F)C1. The zero-order valence-corrected chi connectivity index (χ0v) is 14.8. The van der Waals surface area contributed by atoms with Gasteiger partial charge in [0, 0.05) is 19.0 Å². The highest BCUT2D eigenvalue weighted by molar-refractivity contribution is 6.00. The van der Waals surface area contributed by atoms with Gasteiger partial charge in [0.05, 0.1) is 11.6 Å². The van der Waals surface area contributed by atoms with Gasteiger partial charge in [-0.15, -0.1) is 0 Å². The molecule has 1 fully saturated rings. The maximum Gasteiger partial charge on any atom is 0.227 e. The van der Waals surface area contributed by atoms with Gasteiger partial charge in [0.25, 0.3) is 0 Å². The van der Waals surface area contributed by atoms with Crippen molar-refractivity contribution in [3.05, 3.63) is 66.0 Å². The highest BCUT2D eigenvalue weighted by Gasteiger charge is 2.36. The highest BCUT2D eigenvalue weighted by atomic mass is 19.1. The molecule has 1 saturated heterocycles. The molecule has 1 heterocycles. The lowest BCUT2D eigenvalue weighted by atomic mass is 10.0. The van der Waals surface area contributed by atoms with Crippen LogP contribution in [0.5, 0.6) is 0 Å². The third kappa shape index (κ3) is 4.28. The number of halogens is 1. The van der Waals surface area contributed by atoms with Crippen molar-refractivity contribution in [1.82, 2.24) is 5.32 Å². The molecule has 1 aliphatic rings. The first-order valence-corrected chi connectivity index (χ1v) is 8.94. The molecule has 2 aromatic carbocycles. The van der Waals surface area contributed by atoms with E-state index >= 15 is 0 Å².